The molecule has 140 valence electrons. The summed E-state index contributed by atoms with van der Waals surface area (Å²) in [7, 11) is 3.24. The maximum Gasteiger partial charge on any atom is 0.188 e. The smallest absolute Gasteiger partial charge is 0.188 e. The second kappa shape index (κ2) is 10.8. The van der Waals surface area contributed by atoms with E-state index in [2.05, 4.69) is 10.3 Å². The third-order valence-electron chi connectivity index (χ3n) is 4.41. The molecule has 0 amide bonds. The third-order valence-corrected chi connectivity index (χ3v) is 4.41. The van der Waals surface area contributed by atoms with Gasteiger partial charge in [-0.3, -0.25) is 0 Å². The zero-order valence-electron chi connectivity index (χ0n) is 15.4. The molecule has 25 heavy (non-hydrogen) atoms. The first-order chi connectivity index (χ1) is 12.2. The van der Waals surface area contributed by atoms with Crippen molar-refractivity contribution in [3.05, 3.63) is 23.8 Å². The standard InChI is InChI=1S/C19H31N3O3/c1-23-17-10-9-15(13-18(17)24-2)14-22-19(20)21-11-6-12-25-16-7-4-3-5-8-16/h9-10,13,16H,3-8,11-12,14H2,1-2H3,(H3,20,21,22). The van der Waals surface area contributed by atoms with Crippen molar-refractivity contribution in [1.82, 2.24) is 5.32 Å². The minimum Gasteiger partial charge on any atom is -0.493 e. The van der Waals surface area contributed by atoms with Crippen LogP contribution in [0.2, 0.25) is 0 Å². The molecule has 1 aliphatic carbocycles. The van der Waals surface area contributed by atoms with Crippen LogP contribution in [-0.2, 0) is 11.3 Å². The van der Waals surface area contributed by atoms with Crippen molar-refractivity contribution >= 4 is 5.96 Å². The van der Waals surface area contributed by atoms with E-state index in [9.17, 15) is 0 Å². The molecule has 0 aliphatic heterocycles. The van der Waals surface area contributed by atoms with Crippen LogP contribution >= 0.6 is 0 Å². The van der Waals surface area contributed by atoms with E-state index >= 15 is 0 Å². The Kier molecular flexibility index (Phi) is 8.39. The van der Waals surface area contributed by atoms with Gasteiger partial charge < -0.3 is 25.3 Å². The molecule has 0 radical (unpaired) electrons. The SMILES string of the molecule is COc1ccc(CN=C(N)NCCCOC2CCCCC2)cc1OC. The van der Waals surface area contributed by atoms with Gasteiger partial charge >= 0.3 is 0 Å². The van der Waals surface area contributed by atoms with E-state index in [4.69, 9.17) is 19.9 Å². The van der Waals surface area contributed by atoms with E-state index in [0.29, 0.717) is 30.1 Å². The number of ether oxygens (including phenoxy) is 3. The van der Waals surface area contributed by atoms with Crippen molar-refractivity contribution in [3.63, 3.8) is 0 Å². The zero-order chi connectivity index (χ0) is 17.9. The fraction of sp³-hybridized carbons (Fsp3) is 0.632. The average Bonchev–Trinajstić information content (AvgIpc) is 2.66. The molecular weight excluding hydrogens is 318 g/mol. The molecule has 0 heterocycles. The summed E-state index contributed by atoms with van der Waals surface area (Å²) >= 11 is 0. The summed E-state index contributed by atoms with van der Waals surface area (Å²) in [5.41, 5.74) is 6.93. The first-order valence-electron chi connectivity index (χ1n) is 9.09. The fourth-order valence-electron chi connectivity index (χ4n) is 2.98. The lowest BCUT2D eigenvalue weighted by atomic mass is 9.98. The number of guanidine groups is 1. The van der Waals surface area contributed by atoms with Gasteiger partial charge in [0.15, 0.2) is 17.5 Å². The van der Waals surface area contributed by atoms with Gasteiger partial charge in [0.2, 0.25) is 0 Å². The Morgan fingerprint density at radius 2 is 1.92 bits per heavy atom. The molecule has 1 fully saturated rings. The summed E-state index contributed by atoms with van der Waals surface area (Å²) in [5.74, 6) is 1.85. The van der Waals surface area contributed by atoms with Crippen molar-refractivity contribution in [1.29, 1.82) is 0 Å². The van der Waals surface area contributed by atoms with Crippen LogP contribution in [0.5, 0.6) is 11.5 Å². The number of nitrogens with zero attached hydrogens (tertiary/aromatic N) is 1. The molecular formula is C19H31N3O3. The molecule has 1 aliphatic rings. The van der Waals surface area contributed by atoms with E-state index < -0.39 is 0 Å². The largest absolute Gasteiger partial charge is 0.493 e. The predicted molar refractivity (Wildman–Crippen MR) is 100 cm³/mol. The molecule has 2 rings (SSSR count). The predicted octanol–water partition coefficient (Wildman–Crippen LogP) is 2.85. The van der Waals surface area contributed by atoms with Crippen molar-refractivity contribution in [3.8, 4) is 11.5 Å². The minimum absolute atomic E-state index is 0.451. The fourth-order valence-corrected chi connectivity index (χ4v) is 2.98. The highest BCUT2D eigenvalue weighted by atomic mass is 16.5. The Morgan fingerprint density at radius 1 is 1.16 bits per heavy atom. The van der Waals surface area contributed by atoms with Crippen molar-refractivity contribution in [2.45, 2.75) is 51.2 Å². The van der Waals surface area contributed by atoms with Crippen LogP contribution in [0.4, 0.5) is 0 Å². The molecule has 1 saturated carbocycles. The molecule has 0 atom stereocenters. The number of hydrogen-bond donors (Lipinski definition) is 2. The van der Waals surface area contributed by atoms with Gasteiger partial charge in [0.25, 0.3) is 0 Å². The Labute approximate surface area is 150 Å². The molecule has 0 unspecified atom stereocenters. The summed E-state index contributed by atoms with van der Waals surface area (Å²) in [5, 5.41) is 3.13. The first-order valence-corrected chi connectivity index (χ1v) is 9.09. The lowest BCUT2D eigenvalue weighted by Gasteiger charge is -2.21. The van der Waals surface area contributed by atoms with Gasteiger partial charge in [-0.15, -0.1) is 0 Å². The van der Waals surface area contributed by atoms with E-state index in [-0.39, 0.29) is 0 Å². The van der Waals surface area contributed by atoms with Crippen LogP contribution in [0.1, 0.15) is 44.1 Å². The van der Waals surface area contributed by atoms with Crippen LogP contribution in [0.15, 0.2) is 23.2 Å². The summed E-state index contributed by atoms with van der Waals surface area (Å²) in [6, 6.07) is 5.74. The lowest BCUT2D eigenvalue weighted by Crippen LogP contribution is -2.33. The van der Waals surface area contributed by atoms with Crippen LogP contribution in [0.25, 0.3) is 0 Å². The Hall–Kier alpha value is -1.95. The number of nitrogens with two attached hydrogens (primary N) is 1. The highest BCUT2D eigenvalue weighted by Gasteiger charge is 2.12. The zero-order valence-corrected chi connectivity index (χ0v) is 15.4. The number of nitrogens with one attached hydrogen (secondary N) is 1. The summed E-state index contributed by atoms with van der Waals surface area (Å²) in [6.07, 6.45) is 7.78. The monoisotopic (exact) mass is 349 g/mol. The van der Waals surface area contributed by atoms with E-state index in [1.54, 1.807) is 14.2 Å². The summed E-state index contributed by atoms with van der Waals surface area (Å²) in [6.45, 7) is 2.05. The molecule has 3 N–H and O–H groups in total. The van der Waals surface area contributed by atoms with Crippen LogP contribution < -0.4 is 20.5 Å². The van der Waals surface area contributed by atoms with Gasteiger partial charge in [0.1, 0.15) is 0 Å². The molecule has 6 nitrogen and oxygen atoms in total. The minimum atomic E-state index is 0.451. The maximum atomic E-state index is 5.92. The molecule has 0 spiro atoms. The normalized spacial score (nSPS) is 15.8. The quantitative estimate of drug-likeness (QED) is 0.407. The number of methoxy groups -OCH3 is 2. The Bertz CT molecular complexity index is 543. The van der Waals surface area contributed by atoms with E-state index in [1.165, 1.54) is 32.1 Å². The second-order valence-corrected chi connectivity index (χ2v) is 6.30. The molecule has 1 aromatic carbocycles. The maximum absolute atomic E-state index is 5.92. The molecule has 6 heteroatoms. The topological polar surface area (TPSA) is 78.1 Å². The van der Waals surface area contributed by atoms with Crippen molar-refractivity contribution in [2.75, 3.05) is 27.4 Å². The molecule has 0 aromatic heterocycles. The second-order valence-electron chi connectivity index (χ2n) is 6.30. The van der Waals surface area contributed by atoms with Crippen LogP contribution in [-0.4, -0.2) is 39.4 Å². The van der Waals surface area contributed by atoms with Crippen molar-refractivity contribution in [2.24, 2.45) is 10.7 Å². The number of benzene rings is 1. The van der Waals surface area contributed by atoms with Gasteiger partial charge in [-0.1, -0.05) is 25.3 Å². The number of rotatable bonds is 9. The van der Waals surface area contributed by atoms with Gasteiger partial charge in [0.05, 0.1) is 26.9 Å². The highest BCUT2D eigenvalue weighted by molar-refractivity contribution is 5.77. The Morgan fingerprint density at radius 3 is 2.64 bits per heavy atom. The van der Waals surface area contributed by atoms with Crippen molar-refractivity contribution < 1.29 is 14.2 Å². The lowest BCUT2D eigenvalue weighted by molar-refractivity contribution is 0.0277. The molecule has 1 aromatic rings. The highest BCUT2D eigenvalue weighted by Crippen LogP contribution is 2.27. The summed E-state index contributed by atoms with van der Waals surface area (Å²) < 4.78 is 16.4. The van der Waals surface area contributed by atoms with Gasteiger partial charge in [-0.25, -0.2) is 4.99 Å². The van der Waals surface area contributed by atoms with Crippen LogP contribution in [0, 0.1) is 0 Å². The van der Waals surface area contributed by atoms with E-state index in [1.807, 2.05) is 18.2 Å². The van der Waals surface area contributed by atoms with E-state index in [0.717, 1.165) is 25.1 Å². The molecule has 0 bridgehead atoms. The number of aliphatic imine (C=N–C) groups is 1. The van der Waals surface area contributed by atoms with Gasteiger partial charge in [-0.05, 0) is 37.0 Å². The first kappa shape index (κ1) is 19.4. The van der Waals surface area contributed by atoms with Crippen LogP contribution in [0.3, 0.4) is 0 Å². The number of hydrogen-bond acceptors (Lipinski definition) is 4. The van der Waals surface area contributed by atoms with Gasteiger partial charge in [0, 0.05) is 13.2 Å². The molecule has 0 saturated heterocycles. The average molecular weight is 349 g/mol. The Balaban J connectivity index is 1.65. The third kappa shape index (κ3) is 6.82. The summed E-state index contributed by atoms with van der Waals surface area (Å²) in [4.78, 5) is 4.36. The van der Waals surface area contributed by atoms with Gasteiger partial charge in [-0.2, -0.15) is 0 Å².